The van der Waals surface area contributed by atoms with Crippen LogP contribution in [0.5, 0.6) is 5.75 Å². The van der Waals surface area contributed by atoms with E-state index in [1.807, 2.05) is 0 Å². The van der Waals surface area contributed by atoms with Crippen LogP contribution in [0.4, 0.5) is 0 Å². The van der Waals surface area contributed by atoms with Gasteiger partial charge in [-0.05, 0) is 42.9 Å². The Balaban J connectivity index is 1.84. The second kappa shape index (κ2) is 6.56. The third-order valence-corrected chi connectivity index (χ3v) is 5.17. The van der Waals surface area contributed by atoms with E-state index in [0.29, 0.717) is 32.0 Å². The third-order valence-electron chi connectivity index (χ3n) is 3.59. The molecule has 1 aromatic rings. The third kappa shape index (κ3) is 4.19. The molecule has 2 rings (SSSR count). The SMILES string of the molecule is CC1CCCN(S(=O)(=O)NCCc2ccc(O)cc2)C1. The van der Waals surface area contributed by atoms with Crippen molar-refractivity contribution in [2.45, 2.75) is 26.2 Å². The molecule has 0 amide bonds. The van der Waals surface area contributed by atoms with Gasteiger partial charge in [0.05, 0.1) is 0 Å². The second-order valence-electron chi connectivity index (χ2n) is 5.42. The number of phenols is 1. The van der Waals surface area contributed by atoms with Gasteiger partial charge in [-0.3, -0.25) is 0 Å². The Morgan fingerprint density at radius 2 is 2.05 bits per heavy atom. The zero-order valence-electron chi connectivity index (χ0n) is 11.7. The highest BCUT2D eigenvalue weighted by Gasteiger charge is 2.26. The molecular formula is C14H22N2O3S. The van der Waals surface area contributed by atoms with Crippen molar-refractivity contribution in [2.75, 3.05) is 19.6 Å². The van der Waals surface area contributed by atoms with E-state index in [2.05, 4.69) is 11.6 Å². The number of hydrogen-bond acceptors (Lipinski definition) is 3. The summed E-state index contributed by atoms with van der Waals surface area (Å²) in [6, 6.07) is 6.81. The van der Waals surface area contributed by atoms with Crippen LogP contribution < -0.4 is 4.72 Å². The van der Waals surface area contributed by atoms with Gasteiger partial charge in [0.1, 0.15) is 5.75 Å². The lowest BCUT2D eigenvalue weighted by atomic mass is 10.0. The minimum absolute atomic E-state index is 0.219. The highest BCUT2D eigenvalue weighted by atomic mass is 32.2. The van der Waals surface area contributed by atoms with Gasteiger partial charge in [0.25, 0.3) is 10.2 Å². The van der Waals surface area contributed by atoms with Crippen molar-refractivity contribution in [1.82, 2.24) is 9.03 Å². The molecule has 5 nitrogen and oxygen atoms in total. The first kappa shape index (κ1) is 15.3. The zero-order chi connectivity index (χ0) is 14.6. The Bertz CT molecular complexity index is 528. The van der Waals surface area contributed by atoms with Gasteiger partial charge in [0, 0.05) is 19.6 Å². The van der Waals surface area contributed by atoms with Crippen molar-refractivity contribution >= 4 is 10.2 Å². The summed E-state index contributed by atoms with van der Waals surface area (Å²) in [7, 11) is -3.36. The summed E-state index contributed by atoms with van der Waals surface area (Å²) in [5.41, 5.74) is 0.998. The van der Waals surface area contributed by atoms with E-state index < -0.39 is 10.2 Å². The maximum Gasteiger partial charge on any atom is 0.279 e. The summed E-state index contributed by atoms with van der Waals surface area (Å²) >= 11 is 0. The van der Waals surface area contributed by atoms with Gasteiger partial charge >= 0.3 is 0 Å². The van der Waals surface area contributed by atoms with Gasteiger partial charge in [-0.1, -0.05) is 19.1 Å². The fraction of sp³-hybridized carbons (Fsp3) is 0.571. The molecule has 1 aliphatic rings. The Morgan fingerprint density at radius 1 is 1.35 bits per heavy atom. The van der Waals surface area contributed by atoms with E-state index in [9.17, 15) is 13.5 Å². The molecule has 1 saturated heterocycles. The molecule has 6 heteroatoms. The molecule has 0 aromatic heterocycles. The number of aromatic hydroxyl groups is 1. The number of rotatable bonds is 5. The Hall–Kier alpha value is -1.11. The van der Waals surface area contributed by atoms with Crippen LogP contribution in [0.3, 0.4) is 0 Å². The quantitative estimate of drug-likeness (QED) is 0.865. The number of nitrogens with zero attached hydrogens (tertiary/aromatic N) is 1. The van der Waals surface area contributed by atoms with Crippen LogP contribution in [0.25, 0.3) is 0 Å². The lowest BCUT2D eigenvalue weighted by molar-refractivity contribution is 0.278. The Labute approximate surface area is 120 Å². The number of benzene rings is 1. The molecule has 1 fully saturated rings. The normalized spacial score (nSPS) is 20.9. The van der Waals surface area contributed by atoms with Gasteiger partial charge in [-0.25, -0.2) is 4.72 Å². The van der Waals surface area contributed by atoms with Crippen LogP contribution in [-0.2, 0) is 16.6 Å². The lowest BCUT2D eigenvalue weighted by Crippen LogP contribution is -2.46. The van der Waals surface area contributed by atoms with E-state index in [1.165, 1.54) is 4.31 Å². The van der Waals surface area contributed by atoms with Crippen molar-refractivity contribution in [3.63, 3.8) is 0 Å². The van der Waals surface area contributed by atoms with Gasteiger partial charge in [-0.15, -0.1) is 0 Å². The van der Waals surface area contributed by atoms with Crippen molar-refractivity contribution in [3.05, 3.63) is 29.8 Å². The molecule has 0 spiro atoms. The molecule has 112 valence electrons. The molecule has 1 aromatic carbocycles. The highest BCUT2D eigenvalue weighted by Crippen LogP contribution is 2.17. The fourth-order valence-corrected chi connectivity index (χ4v) is 3.81. The van der Waals surface area contributed by atoms with E-state index >= 15 is 0 Å². The molecule has 2 N–H and O–H groups in total. The highest BCUT2D eigenvalue weighted by molar-refractivity contribution is 7.87. The topological polar surface area (TPSA) is 69.6 Å². The zero-order valence-corrected chi connectivity index (χ0v) is 12.6. The summed E-state index contributed by atoms with van der Waals surface area (Å²) in [5.74, 6) is 0.647. The van der Waals surface area contributed by atoms with Crippen molar-refractivity contribution in [1.29, 1.82) is 0 Å². The molecule has 0 bridgehead atoms. The number of nitrogens with one attached hydrogen (secondary N) is 1. The summed E-state index contributed by atoms with van der Waals surface area (Å²) in [4.78, 5) is 0. The van der Waals surface area contributed by atoms with Crippen LogP contribution in [0.2, 0.25) is 0 Å². The van der Waals surface area contributed by atoms with Crippen molar-refractivity contribution in [3.8, 4) is 5.75 Å². The molecule has 0 saturated carbocycles. The minimum atomic E-state index is -3.36. The average Bonchev–Trinajstić information content (AvgIpc) is 2.41. The number of phenolic OH excluding ortho intramolecular Hbond substituents is 1. The number of piperidine rings is 1. The predicted molar refractivity (Wildman–Crippen MR) is 78.7 cm³/mol. The van der Waals surface area contributed by atoms with Gasteiger partial charge in [0.15, 0.2) is 0 Å². The van der Waals surface area contributed by atoms with Crippen LogP contribution in [-0.4, -0.2) is 37.5 Å². The van der Waals surface area contributed by atoms with Gasteiger partial charge in [0.2, 0.25) is 0 Å². The molecule has 1 atom stereocenters. The van der Waals surface area contributed by atoms with Crippen LogP contribution in [0, 0.1) is 5.92 Å². The second-order valence-corrected chi connectivity index (χ2v) is 7.18. The smallest absolute Gasteiger partial charge is 0.279 e. The Morgan fingerprint density at radius 3 is 2.70 bits per heavy atom. The Kier molecular flexibility index (Phi) is 5.01. The fourth-order valence-electron chi connectivity index (χ4n) is 2.44. The molecule has 0 radical (unpaired) electrons. The van der Waals surface area contributed by atoms with Crippen molar-refractivity contribution < 1.29 is 13.5 Å². The first-order chi connectivity index (χ1) is 9.47. The maximum absolute atomic E-state index is 12.2. The lowest BCUT2D eigenvalue weighted by Gasteiger charge is -2.29. The standard InChI is InChI=1S/C14H22N2O3S/c1-12-3-2-10-16(11-12)20(18,19)15-9-8-13-4-6-14(17)7-5-13/h4-7,12,15,17H,2-3,8-11H2,1H3. The summed E-state index contributed by atoms with van der Waals surface area (Å²) in [6.45, 7) is 3.67. The largest absolute Gasteiger partial charge is 0.508 e. The molecular weight excluding hydrogens is 276 g/mol. The van der Waals surface area contributed by atoms with Gasteiger partial charge in [-0.2, -0.15) is 12.7 Å². The first-order valence-corrected chi connectivity index (χ1v) is 8.44. The van der Waals surface area contributed by atoms with E-state index in [4.69, 9.17) is 0 Å². The van der Waals surface area contributed by atoms with E-state index in [1.54, 1.807) is 24.3 Å². The van der Waals surface area contributed by atoms with Crippen LogP contribution >= 0.6 is 0 Å². The molecule has 0 aliphatic carbocycles. The predicted octanol–water partition coefficient (Wildman–Crippen LogP) is 1.50. The average molecular weight is 298 g/mol. The van der Waals surface area contributed by atoms with Crippen LogP contribution in [0.1, 0.15) is 25.3 Å². The first-order valence-electron chi connectivity index (χ1n) is 7.00. The molecule has 1 unspecified atom stereocenters. The summed E-state index contributed by atoms with van der Waals surface area (Å²) in [6.07, 6.45) is 2.64. The van der Waals surface area contributed by atoms with E-state index in [0.717, 1.165) is 18.4 Å². The monoisotopic (exact) mass is 298 g/mol. The van der Waals surface area contributed by atoms with Crippen LogP contribution in [0.15, 0.2) is 24.3 Å². The molecule has 20 heavy (non-hydrogen) atoms. The van der Waals surface area contributed by atoms with E-state index in [-0.39, 0.29) is 5.75 Å². The maximum atomic E-state index is 12.2. The molecule has 1 heterocycles. The summed E-state index contributed by atoms with van der Waals surface area (Å²) < 4.78 is 28.5. The molecule has 1 aliphatic heterocycles. The summed E-state index contributed by atoms with van der Waals surface area (Å²) in [5, 5.41) is 9.19. The number of hydrogen-bond donors (Lipinski definition) is 2. The minimum Gasteiger partial charge on any atom is -0.508 e. The van der Waals surface area contributed by atoms with Crippen molar-refractivity contribution in [2.24, 2.45) is 5.92 Å². The van der Waals surface area contributed by atoms with Gasteiger partial charge < -0.3 is 5.11 Å².